The van der Waals surface area contributed by atoms with Gasteiger partial charge in [0.15, 0.2) is 0 Å². The number of ether oxygens (including phenoxy) is 1. The van der Waals surface area contributed by atoms with E-state index in [1.165, 1.54) is 6.07 Å². The van der Waals surface area contributed by atoms with Crippen molar-refractivity contribution < 1.29 is 36.3 Å². The van der Waals surface area contributed by atoms with Crippen LogP contribution in [0.1, 0.15) is 34.3 Å². The summed E-state index contributed by atoms with van der Waals surface area (Å²) in [4.78, 5) is 30.2. The van der Waals surface area contributed by atoms with Gasteiger partial charge in [-0.05, 0) is 54.7 Å². The van der Waals surface area contributed by atoms with Crippen LogP contribution in [0, 0.1) is 28.9 Å². The Balaban J connectivity index is 1.42. The van der Waals surface area contributed by atoms with Crippen LogP contribution in [-0.4, -0.2) is 42.2 Å². The van der Waals surface area contributed by atoms with Gasteiger partial charge in [0.25, 0.3) is 5.91 Å². The number of carbonyl (C=O) groups is 2. The number of nitrogens with one attached hydrogen (secondary N) is 2. The Hall–Kier alpha value is -4.76. The van der Waals surface area contributed by atoms with Crippen molar-refractivity contribution in [2.24, 2.45) is 5.92 Å². The highest BCUT2D eigenvalue weighted by atomic mass is 35.5. The molecule has 2 N–H and O–H groups in total. The Kier molecular flexibility index (Phi) is 8.93. The summed E-state index contributed by atoms with van der Waals surface area (Å²) in [5, 5.41) is 14.5. The lowest BCUT2D eigenvalue weighted by Gasteiger charge is -2.23. The minimum absolute atomic E-state index is 0.167. The highest BCUT2D eigenvalue weighted by molar-refractivity contribution is 6.33. The summed E-state index contributed by atoms with van der Waals surface area (Å²) in [6, 6.07) is 11.4. The van der Waals surface area contributed by atoms with Crippen LogP contribution in [-0.2, 0) is 16.0 Å². The van der Waals surface area contributed by atoms with Crippen molar-refractivity contribution in [3.63, 3.8) is 0 Å². The van der Waals surface area contributed by atoms with E-state index in [1.54, 1.807) is 42.6 Å². The van der Waals surface area contributed by atoms with Gasteiger partial charge in [0, 0.05) is 39.8 Å². The highest BCUT2D eigenvalue weighted by Crippen LogP contribution is 2.42. The summed E-state index contributed by atoms with van der Waals surface area (Å²) in [6.45, 7) is 0. The highest BCUT2D eigenvalue weighted by Gasteiger charge is 2.49. The van der Waals surface area contributed by atoms with Crippen LogP contribution < -0.4 is 10.6 Å². The van der Waals surface area contributed by atoms with E-state index in [9.17, 15) is 22.8 Å². The van der Waals surface area contributed by atoms with Crippen LogP contribution in [0.4, 0.5) is 27.6 Å². The first-order valence-corrected chi connectivity index (χ1v) is 14.1. The number of halogens is 6. The summed E-state index contributed by atoms with van der Waals surface area (Å²) in [5.41, 5.74) is 1.10. The predicted octanol–water partition coefficient (Wildman–Crippen LogP) is 6.97. The van der Waals surface area contributed by atoms with Gasteiger partial charge in [-0.2, -0.15) is 18.4 Å². The third kappa shape index (κ3) is 6.83. The number of alkyl halides is 3. The fourth-order valence-corrected chi connectivity index (χ4v) is 5.45. The summed E-state index contributed by atoms with van der Waals surface area (Å²) in [7, 11) is 1.08. The topological polar surface area (TPSA) is 104 Å². The molecule has 13 heteroatoms. The molecule has 5 rings (SSSR count). The fourth-order valence-electron chi connectivity index (χ4n) is 5.17. The number of carbonyl (C=O) groups excluding carboxylic acids is 2. The molecule has 3 aromatic carbocycles. The van der Waals surface area contributed by atoms with E-state index in [2.05, 4.69) is 15.6 Å². The number of amides is 1. The maximum Gasteiger partial charge on any atom is 0.408 e. The molecule has 1 aliphatic carbocycles. The number of hydrogen-bond donors (Lipinski definition) is 2. The van der Waals surface area contributed by atoms with Gasteiger partial charge in [-0.1, -0.05) is 35.9 Å². The molecule has 0 saturated heterocycles. The van der Waals surface area contributed by atoms with E-state index < -0.39 is 58.9 Å². The van der Waals surface area contributed by atoms with Crippen molar-refractivity contribution in [3.8, 4) is 17.2 Å². The van der Waals surface area contributed by atoms with E-state index in [0.717, 1.165) is 7.11 Å². The van der Waals surface area contributed by atoms with Gasteiger partial charge in [0.1, 0.15) is 29.3 Å². The minimum Gasteiger partial charge on any atom is -0.467 e. The summed E-state index contributed by atoms with van der Waals surface area (Å²) < 4.78 is 75.1. The van der Waals surface area contributed by atoms with Gasteiger partial charge in [0.2, 0.25) is 0 Å². The fraction of sp³-hybridized carbons (Fsp3) is 0.250. The summed E-state index contributed by atoms with van der Waals surface area (Å²) >= 11 is 6.44. The first kappa shape index (κ1) is 31.7. The van der Waals surface area contributed by atoms with Gasteiger partial charge in [-0.3, -0.25) is 9.78 Å². The van der Waals surface area contributed by atoms with E-state index in [-0.39, 0.29) is 6.42 Å². The molecule has 45 heavy (non-hydrogen) atoms. The van der Waals surface area contributed by atoms with Crippen LogP contribution in [0.3, 0.4) is 0 Å². The second-order valence-electron chi connectivity index (χ2n) is 10.5. The third-order valence-electron chi connectivity index (χ3n) is 7.50. The Morgan fingerprint density at radius 2 is 1.78 bits per heavy atom. The molecule has 1 amide bonds. The normalized spacial score (nSPS) is 14.4. The molecule has 1 fully saturated rings. The van der Waals surface area contributed by atoms with Crippen molar-refractivity contribution in [2.45, 2.75) is 37.5 Å². The Bertz CT molecular complexity index is 1820. The van der Waals surface area contributed by atoms with Crippen molar-refractivity contribution in [1.29, 1.82) is 5.26 Å². The molecule has 0 bridgehead atoms. The molecule has 1 aliphatic rings. The molecule has 1 aromatic heterocycles. The smallest absolute Gasteiger partial charge is 0.408 e. The van der Waals surface area contributed by atoms with Gasteiger partial charge < -0.3 is 15.4 Å². The first-order valence-electron chi connectivity index (χ1n) is 13.7. The van der Waals surface area contributed by atoms with E-state index in [0.29, 0.717) is 63.2 Å². The lowest BCUT2D eigenvalue weighted by molar-refractivity contribution is -0.146. The molecule has 2 atom stereocenters. The van der Waals surface area contributed by atoms with E-state index in [1.807, 2.05) is 6.07 Å². The number of fused-ring (bicyclic) bond motifs is 1. The van der Waals surface area contributed by atoms with Crippen molar-refractivity contribution in [3.05, 3.63) is 94.1 Å². The maximum atomic E-state index is 15.0. The molecule has 1 saturated carbocycles. The summed E-state index contributed by atoms with van der Waals surface area (Å²) in [6.07, 6.45) is -2.59. The standard InChI is InChI=1S/C32H24ClF5N4O3/c1-45-31(44)26(42-30(43)27-24(34)13-19(14-25(27)35)41-29(17-5-6-17)32(36,37)38)12-18-7-9-22(28-20(18)3-2-10-40-28)21-8-4-16(15-39)11-23(21)33/h2-4,7-11,13-14,17,26,29,41H,5-6,12H2,1H3,(H,42,43)/t26-,29-/m0/s1. The number of hydrogen-bond acceptors (Lipinski definition) is 6. The number of nitriles is 1. The zero-order chi connectivity index (χ0) is 32.5. The molecule has 7 nitrogen and oxygen atoms in total. The number of benzene rings is 3. The molecule has 1 heterocycles. The monoisotopic (exact) mass is 642 g/mol. The number of esters is 1. The largest absolute Gasteiger partial charge is 0.467 e. The van der Waals surface area contributed by atoms with Crippen LogP contribution >= 0.6 is 11.6 Å². The lowest BCUT2D eigenvalue weighted by atomic mass is 9.94. The number of anilines is 1. The van der Waals surface area contributed by atoms with E-state index >= 15 is 8.78 Å². The van der Waals surface area contributed by atoms with Crippen LogP contribution in [0.2, 0.25) is 5.02 Å². The second-order valence-corrected chi connectivity index (χ2v) is 11.0. The predicted molar refractivity (Wildman–Crippen MR) is 156 cm³/mol. The molecule has 0 aliphatic heterocycles. The number of aromatic nitrogens is 1. The number of rotatable bonds is 9. The van der Waals surface area contributed by atoms with Crippen LogP contribution in [0.5, 0.6) is 0 Å². The average molecular weight is 643 g/mol. The Labute approximate surface area is 259 Å². The molecule has 0 radical (unpaired) electrons. The molecular weight excluding hydrogens is 619 g/mol. The molecule has 232 valence electrons. The zero-order valence-electron chi connectivity index (χ0n) is 23.5. The van der Waals surface area contributed by atoms with Crippen molar-refractivity contribution >= 4 is 40.1 Å². The van der Waals surface area contributed by atoms with Gasteiger partial charge in [0.05, 0.1) is 24.3 Å². The number of nitrogens with zero attached hydrogens (tertiary/aromatic N) is 2. The lowest BCUT2D eigenvalue weighted by Crippen LogP contribution is -2.43. The summed E-state index contributed by atoms with van der Waals surface area (Å²) in [5.74, 6) is -5.73. The van der Waals surface area contributed by atoms with Crippen LogP contribution in [0.25, 0.3) is 22.0 Å². The second kappa shape index (κ2) is 12.7. The van der Waals surface area contributed by atoms with Gasteiger partial charge in [-0.25, -0.2) is 13.6 Å². The van der Waals surface area contributed by atoms with E-state index in [4.69, 9.17) is 21.6 Å². The molecule has 4 aromatic rings. The SMILES string of the molecule is COC(=O)[C@H](Cc1ccc(-c2ccc(C#N)cc2Cl)c2ncccc12)NC(=O)c1c(F)cc(N[C@@H](C2CC2)C(F)(F)F)cc1F. The number of methoxy groups -OCH3 is 1. The number of pyridine rings is 1. The quantitative estimate of drug-likeness (QED) is 0.151. The molecular formula is C32H24ClF5N4O3. The molecule has 0 unspecified atom stereocenters. The van der Waals surface area contributed by atoms with Crippen LogP contribution in [0.15, 0.2) is 60.8 Å². The Morgan fingerprint density at radius 3 is 2.38 bits per heavy atom. The average Bonchev–Trinajstić information content (AvgIpc) is 3.84. The van der Waals surface area contributed by atoms with Gasteiger partial charge >= 0.3 is 12.1 Å². The Morgan fingerprint density at radius 1 is 1.09 bits per heavy atom. The first-order chi connectivity index (χ1) is 21.4. The van der Waals surface area contributed by atoms with Gasteiger partial charge in [-0.15, -0.1) is 0 Å². The third-order valence-corrected chi connectivity index (χ3v) is 7.81. The van der Waals surface area contributed by atoms with Crippen molar-refractivity contribution in [2.75, 3.05) is 12.4 Å². The minimum atomic E-state index is -4.63. The molecule has 0 spiro atoms. The zero-order valence-corrected chi connectivity index (χ0v) is 24.3. The van der Waals surface area contributed by atoms with Crippen molar-refractivity contribution in [1.82, 2.24) is 10.3 Å². The maximum absolute atomic E-state index is 15.0.